The van der Waals surface area contributed by atoms with Gasteiger partial charge >= 0.3 is 0 Å². The van der Waals surface area contributed by atoms with Gasteiger partial charge in [0.15, 0.2) is 0 Å². The van der Waals surface area contributed by atoms with Crippen LogP contribution in [0.15, 0.2) is 11.4 Å². The predicted molar refractivity (Wildman–Crippen MR) is 96.0 cm³/mol. The number of hydrogen-bond acceptors (Lipinski definition) is 4. The maximum absolute atomic E-state index is 12.8. The van der Waals surface area contributed by atoms with Crippen molar-refractivity contribution in [3.05, 3.63) is 21.9 Å². The number of likely N-dealkylation sites (tertiary alicyclic amines) is 1. The molecule has 1 aliphatic carbocycles. The molecule has 0 radical (unpaired) electrons. The minimum Gasteiger partial charge on any atom is -0.370 e. The molecular formula is C19H28N2O2S. The molecule has 3 heterocycles. The van der Waals surface area contributed by atoms with E-state index in [0.717, 1.165) is 51.8 Å². The van der Waals surface area contributed by atoms with Crippen LogP contribution in [0, 0.1) is 5.92 Å². The molecule has 1 unspecified atom stereocenters. The monoisotopic (exact) mass is 348 g/mol. The zero-order chi connectivity index (χ0) is 16.6. The summed E-state index contributed by atoms with van der Waals surface area (Å²) in [6, 6.07) is 1.92. The van der Waals surface area contributed by atoms with Gasteiger partial charge < -0.3 is 15.4 Å². The number of ether oxygens (including phenoxy) is 1. The second-order valence-corrected chi connectivity index (χ2v) is 8.60. The minimum atomic E-state index is -0.302. The number of carbonyl (C=O) groups is 1. The molecule has 1 aromatic heterocycles. The van der Waals surface area contributed by atoms with E-state index in [1.807, 2.05) is 16.2 Å². The van der Waals surface area contributed by atoms with E-state index in [1.54, 1.807) is 0 Å². The molecule has 2 aliphatic heterocycles. The topological polar surface area (TPSA) is 55.6 Å². The SMILES string of the molecule is NC(C(=O)N1CCC2(CC1)OCCc1sccc12)C1CCCCC1. The quantitative estimate of drug-likeness (QED) is 0.894. The van der Waals surface area contributed by atoms with Crippen LogP contribution in [0.25, 0.3) is 0 Å². The lowest BCUT2D eigenvalue weighted by molar-refractivity contribution is -0.143. The molecule has 1 aromatic rings. The maximum Gasteiger partial charge on any atom is 0.239 e. The van der Waals surface area contributed by atoms with E-state index in [1.165, 1.54) is 29.7 Å². The number of nitrogens with zero attached hydrogens (tertiary/aromatic N) is 1. The number of carbonyl (C=O) groups excluding carboxylic acids is 1. The fourth-order valence-corrected chi connectivity index (χ4v) is 5.72. The molecule has 1 spiro atoms. The summed E-state index contributed by atoms with van der Waals surface area (Å²) < 4.78 is 6.23. The number of rotatable bonds is 2. The average Bonchev–Trinajstić information content (AvgIpc) is 3.12. The van der Waals surface area contributed by atoms with Gasteiger partial charge in [-0.1, -0.05) is 19.3 Å². The Labute approximate surface area is 148 Å². The van der Waals surface area contributed by atoms with E-state index in [-0.39, 0.29) is 17.6 Å². The number of amides is 1. The summed E-state index contributed by atoms with van der Waals surface area (Å²) in [5, 5.41) is 2.18. The van der Waals surface area contributed by atoms with Crippen molar-refractivity contribution < 1.29 is 9.53 Å². The van der Waals surface area contributed by atoms with Crippen LogP contribution < -0.4 is 5.73 Å². The van der Waals surface area contributed by atoms with E-state index in [4.69, 9.17) is 10.5 Å². The highest BCUT2D eigenvalue weighted by Gasteiger charge is 2.43. The number of fused-ring (bicyclic) bond motifs is 2. The first kappa shape index (κ1) is 16.6. The summed E-state index contributed by atoms with van der Waals surface area (Å²) in [4.78, 5) is 16.3. The zero-order valence-electron chi connectivity index (χ0n) is 14.3. The summed E-state index contributed by atoms with van der Waals surface area (Å²) in [5.74, 6) is 0.551. The van der Waals surface area contributed by atoms with Crippen LogP contribution in [0.2, 0.25) is 0 Å². The van der Waals surface area contributed by atoms with Crippen LogP contribution in [-0.4, -0.2) is 36.5 Å². The van der Waals surface area contributed by atoms with E-state index < -0.39 is 0 Å². The van der Waals surface area contributed by atoms with Crippen molar-refractivity contribution in [3.8, 4) is 0 Å². The third kappa shape index (κ3) is 2.91. The van der Waals surface area contributed by atoms with Gasteiger partial charge in [0.2, 0.25) is 5.91 Å². The fraction of sp³-hybridized carbons (Fsp3) is 0.737. The van der Waals surface area contributed by atoms with Gasteiger partial charge in [0.05, 0.1) is 18.2 Å². The highest BCUT2D eigenvalue weighted by molar-refractivity contribution is 7.10. The molecule has 0 aromatic carbocycles. The van der Waals surface area contributed by atoms with Crippen molar-refractivity contribution in [1.29, 1.82) is 0 Å². The van der Waals surface area contributed by atoms with Crippen molar-refractivity contribution in [2.75, 3.05) is 19.7 Å². The molecule has 24 heavy (non-hydrogen) atoms. The summed E-state index contributed by atoms with van der Waals surface area (Å²) in [6.07, 6.45) is 8.82. The van der Waals surface area contributed by atoms with Crippen molar-refractivity contribution in [1.82, 2.24) is 4.90 Å². The largest absolute Gasteiger partial charge is 0.370 e. The molecule has 2 fully saturated rings. The molecule has 132 valence electrons. The van der Waals surface area contributed by atoms with Gasteiger partial charge in [-0.25, -0.2) is 0 Å². The zero-order valence-corrected chi connectivity index (χ0v) is 15.2. The van der Waals surface area contributed by atoms with Crippen molar-refractivity contribution in [2.45, 2.75) is 63.0 Å². The Bertz CT molecular complexity index is 586. The number of hydrogen-bond donors (Lipinski definition) is 1. The third-order valence-corrected chi connectivity index (χ3v) is 7.25. The number of nitrogens with two attached hydrogens (primary N) is 1. The maximum atomic E-state index is 12.8. The molecule has 3 aliphatic rings. The Morgan fingerprint density at radius 2 is 2.04 bits per heavy atom. The molecule has 2 N–H and O–H groups in total. The van der Waals surface area contributed by atoms with Gasteiger partial charge in [0.25, 0.3) is 0 Å². The molecule has 1 saturated carbocycles. The number of thiophene rings is 1. The lowest BCUT2D eigenvalue weighted by Gasteiger charge is -2.45. The summed E-state index contributed by atoms with van der Waals surface area (Å²) in [7, 11) is 0. The van der Waals surface area contributed by atoms with Gasteiger partial charge in [-0.15, -0.1) is 11.3 Å². The van der Waals surface area contributed by atoms with Gasteiger partial charge in [0.1, 0.15) is 0 Å². The van der Waals surface area contributed by atoms with Gasteiger partial charge in [-0.05, 0) is 48.6 Å². The molecule has 4 nitrogen and oxygen atoms in total. The Balaban J connectivity index is 1.40. The Kier molecular flexibility index (Phi) is 4.67. The molecule has 1 atom stereocenters. The molecule has 5 heteroatoms. The van der Waals surface area contributed by atoms with E-state index in [9.17, 15) is 4.79 Å². The summed E-state index contributed by atoms with van der Waals surface area (Å²) >= 11 is 1.84. The predicted octanol–water partition coefficient (Wildman–Crippen LogP) is 3.05. The Hall–Kier alpha value is -0.910. The van der Waals surface area contributed by atoms with Crippen LogP contribution in [0.1, 0.15) is 55.4 Å². The first-order valence-corrected chi connectivity index (χ1v) is 10.3. The minimum absolute atomic E-state index is 0.153. The van der Waals surface area contributed by atoms with Crippen LogP contribution in [0.3, 0.4) is 0 Å². The van der Waals surface area contributed by atoms with E-state index >= 15 is 0 Å². The lowest BCUT2D eigenvalue weighted by Crippen LogP contribution is -2.53. The Morgan fingerprint density at radius 1 is 1.29 bits per heavy atom. The van der Waals surface area contributed by atoms with Crippen molar-refractivity contribution >= 4 is 17.2 Å². The second-order valence-electron chi connectivity index (χ2n) is 7.60. The van der Waals surface area contributed by atoms with Crippen LogP contribution in [-0.2, 0) is 21.6 Å². The summed E-state index contributed by atoms with van der Waals surface area (Å²) in [5.41, 5.74) is 7.56. The fourth-order valence-electron chi connectivity index (χ4n) is 4.76. The Morgan fingerprint density at radius 3 is 2.79 bits per heavy atom. The molecular weight excluding hydrogens is 320 g/mol. The normalized spacial score (nSPS) is 25.5. The third-order valence-electron chi connectivity index (χ3n) is 6.27. The summed E-state index contributed by atoms with van der Waals surface area (Å²) in [6.45, 7) is 2.35. The standard InChI is InChI=1S/C19H28N2O2S/c20-17(14-4-2-1-3-5-14)18(22)21-10-8-19(9-11-21)15-7-13-24-16(15)6-12-23-19/h7,13-14,17H,1-6,8-12,20H2. The van der Waals surface area contributed by atoms with Gasteiger partial charge in [-0.3, -0.25) is 4.79 Å². The highest BCUT2D eigenvalue weighted by Crippen LogP contribution is 2.43. The van der Waals surface area contributed by atoms with Gasteiger partial charge in [-0.2, -0.15) is 0 Å². The molecule has 4 rings (SSSR count). The molecule has 0 bridgehead atoms. The molecule has 1 saturated heterocycles. The van der Waals surface area contributed by atoms with Crippen molar-refractivity contribution in [2.24, 2.45) is 11.7 Å². The van der Waals surface area contributed by atoms with Crippen molar-refractivity contribution in [3.63, 3.8) is 0 Å². The molecule has 1 amide bonds. The first-order valence-electron chi connectivity index (χ1n) is 9.45. The van der Waals surface area contributed by atoms with Crippen LogP contribution in [0.4, 0.5) is 0 Å². The first-order chi connectivity index (χ1) is 11.7. The highest BCUT2D eigenvalue weighted by atomic mass is 32.1. The van der Waals surface area contributed by atoms with Crippen LogP contribution in [0.5, 0.6) is 0 Å². The van der Waals surface area contributed by atoms with Gasteiger partial charge in [0, 0.05) is 24.4 Å². The van der Waals surface area contributed by atoms with E-state index in [2.05, 4.69) is 11.4 Å². The average molecular weight is 349 g/mol. The lowest BCUT2D eigenvalue weighted by atomic mass is 9.81. The number of piperidine rings is 1. The van der Waals surface area contributed by atoms with E-state index in [0.29, 0.717) is 5.92 Å². The second kappa shape index (κ2) is 6.77. The van der Waals surface area contributed by atoms with Crippen LogP contribution >= 0.6 is 11.3 Å². The smallest absolute Gasteiger partial charge is 0.239 e.